The molecule has 0 aliphatic heterocycles. The second-order valence-corrected chi connectivity index (χ2v) is 8.75. The van der Waals surface area contributed by atoms with Gasteiger partial charge in [-0.2, -0.15) is 0 Å². The third-order valence-electron chi connectivity index (χ3n) is 6.83. The highest BCUT2D eigenvalue weighted by molar-refractivity contribution is 5.96. The van der Waals surface area contributed by atoms with E-state index in [0.29, 0.717) is 17.0 Å². The van der Waals surface area contributed by atoms with Gasteiger partial charge in [0.15, 0.2) is 11.6 Å². The number of carbonyl (C=O) groups is 1. The van der Waals surface area contributed by atoms with E-state index in [0.717, 1.165) is 36.5 Å². The van der Waals surface area contributed by atoms with Crippen molar-refractivity contribution in [3.63, 3.8) is 0 Å². The van der Waals surface area contributed by atoms with E-state index in [9.17, 15) is 18.7 Å². The summed E-state index contributed by atoms with van der Waals surface area (Å²) in [4.78, 5) is 11.8. The second-order valence-electron chi connectivity index (χ2n) is 8.75. The average molecular weight is 414 g/mol. The van der Waals surface area contributed by atoms with Gasteiger partial charge in [-0.1, -0.05) is 76.6 Å². The minimum atomic E-state index is -1.30. The molecule has 1 unspecified atom stereocenters. The average Bonchev–Trinajstić information content (AvgIpc) is 2.75. The maximum absolute atomic E-state index is 13.9. The van der Waals surface area contributed by atoms with Crippen LogP contribution in [0.25, 0.3) is 11.1 Å². The van der Waals surface area contributed by atoms with E-state index in [2.05, 4.69) is 13.8 Å². The lowest BCUT2D eigenvalue weighted by Crippen LogP contribution is -2.24. The number of carboxylic acids is 1. The first-order valence-electron chi connectivity index (χ1n) is 11.2. The van der Waals surface area contributed by atoms with Crippen LogP contribution in [0.3, 0.4) is 0 Å². The van der Waals surface area contributed by atoms with E-state index in [1.807, 2.05) is 6.07 Å². The fourth-order valence-corrected chi connectivity index (χ4v) is 5.01. The SMILES string of the molecule is CCCCCC1CCC(C(C)c2cccc(C(=O)[O-])c2-c2ccc(F)c(F)c2)CC1. The lowest BCUT2D eigenvalue weighted by atomic mass is 9.71. The quantitative estimate of drug-likeness (QED) is 0.464. The van der Waals surface area contributed by atoms with Crippen molar-refractivity contribution in [2.45, 2.75) is 71.1 Å². The molecule has 4 heteroatoms. The standard InChI is InChI=1S/C26H32F2O2/c1-3-4-5-7-18-10-12-19(13-11-18)17(2)21-8-6-9-22(26(29)30)25(21)20-14-15-23(27)24(28)16-20/h6,8-9,14-19H,3-5,7,10-13H2,1-2H3,(H,29,30)/p-1. The molecule has 0 N–H and O–H groups in total. The Balaban J connectivity index is 1.86. The Labute approximate surface area is 178 Å². The van der Waals surface area contributed by atoms with Crippen molar-refractivity contribution in [2.75, 3.05) is 0 Å². The second kappa shape index (κ2) is 10.2. The minimum Gasteiger partial charge on any atom is -0.545 e. The van der Waals surface area contributed by atoms with E-state index in [4.69, 9.17) is 0 Å². The molecule has 1 atom stereocenters. The molecular weight excluding hydrogens is 382 g/mol. The Morgan fingerprint density at radius 2 is 1.80 bits per heavy atom. The Morgan fingerprint density at radius 3 is 2.43 bits per heavy atom. The predicted octanol–water partition coefficient (Wildman–Crippen LogP) is 6.49. The number of aromatic carboxylic acids is 1. The molecule has 1 fully saturated rings. The summed E-state index contributed by atoms with van der Waals surface area (Å²) >= 11 is 0. The molecule has 0 heterocycles. The summed E-state index contributed by atoms with van der Waals surface area (Å²) < 4.78 is 27.4. The van der Waals surface area contributed by atoms with E-state index in [1.165, 1.54) is 50.7 Å². The molecule has 2 aromatic carbocycles. The molecule has 1 aliphatic rings. The summed E-state index contributed by atoms with van der Waals surface area (Å²) in [5, 5.41) is 11.8. The maximum atomic E-state index is 13.9. The van der Waals surface area contributed by atoms with Crippen molar-refractivity contribution in [3.05, 3.63) is 59.2 Å². The van der Waals surface area contributed by atoms with Crippen molar-refractivity contribution < 1.29 is 18.7 Å². The summed E-state index contributed by atoms with van der Waals surface area (Å²) in [7, 11) is 0. The van der Waals surface area contributed by atoms with E-state index in [-0.39, 0.29) is 11.5 Å². The zero-order chi connectivity index (χ0) is 21.7. The Hall–Kier alpha value is -2.23. The van der Waals surface area contributed by atoms with Crippen molar-refractivity contribution in [1.82, 2.24) is 0 Å². The number of hydrogen-bond acceptors (Lipinski definition) is 2. The van der Waals surface area contributed by atoms with Gasteiger partial charge in [-0.3, -0.25) is 0 Å². The highest BCUT2D eigenvalue weighted by Gasteiger charge is 2.28. The van der Waals surface area contributed by atoms with Crippen LogP contribution in [0.1, 0.15) is 87.1 Å². The fraction of sp³-hybridized carbons (Fsp3) is 0.500. The first kappa shape index (κ1) is 22.5. The number of carbonyl (C=O) groups excluding carboxylic acids is 1. The Kier molecular flexibility index (Phi) is 7.63. The lowest BCUT2D eigenvalue weighted by molar-refractivity contribution is -0.254. The van der Waals surface area contributed by atoms with E-state index < -0.39 is 17.6 Å². The summed E-state index contributed by atoms with van der Waals surface area (Å²) in [5.74, 6) is -1.85. The van der Waals surface area contributed by atoms with Gasteiger partial charge in [-0.25, -0.2) is 8.78 Å². The minimum absolute atomic E-state index is 0.0265. The molecule has 30 heavy (non-hydrogen) atoms. The van der Waals surface area contributed by atoms with Gasteiger partial charge in [0.25, 0.3) is 0 Å². The van der Waals surface area contributed by atoms with Crippen LogP contribution in [0.4, 0.5) is 8.78 Å². The number of rotatable bonds is 8. The van der Waals surface area contributed by atoms with Crippen LogP contribution in [0.5, 0.6) is 0 Å². The molecule has 1 saturated carbocycles. The van der Waals surface area contributed by atoms with Gasteiger partial charge >= 0.3 is 0 Å². The van der Waals surface area contributed by atoms with Crippen molar-refractivity contribution in [3.8, 4) is 11.1 Å². The van der Waals surface area contributed by atoms with Gasteiger partial charge in [0.1, 0.15) is 0 Å². The van der Waals surface area contributed by atoms with Crippen LogP contribution in [0.2, 0.25) is 0 Å². The lowest BCUT2D eigenvalue weighted by Gasteiger charge is -2.34. The van der Waals surface area contributed by atoms with Crippen LogP contribution in [0, 0.1) is 23.5 Å². The molecule has 2 nitrogen and oxygen atoms in total. The summed E-state index contributed by atoms with van der Waals surface area (Å²) in [6, 6.07) is 8.69. The van der Waals surface area contributed by atoms with Crippen LogP contribution >= 0.6 is 0 Å². The van der Waals surface area contributed by atoms with Crippen LogP contribution in [-0.2, 0) is 0 Å². The molecule has 162 valence electrons. The fourth-order valence-electron chi connectivity index (χ4n) is 5.01. The molecule has 0 amide bonds. The largest absolute Gasteiger partial charge is 0.545 e. The van der Waals surface area contributed by atoms with Gasteiger partial charge in [0.2, 0.25) is 0 Å². The van der Waals surface area contributed by atoms with Crippen LogP contribution in [0.15, 0.2) is 36.4 Å². The zero-order valence-corrected chi connectivity index (χ0v) is 17.9. The van der Waals surface area contributed by atoms with Gasteiger partial charge in [-0.15, -0.1) is 0 Å². The van der Waals surface area contributed by atoms with Crippen molar-refractivity contribution in [1.29, 1.82) is 0 Å². The molecule has 0 bridgehead atoms. The highest BCUT2D eigenvalue weighted by Crippen LogP contribution is 2.43. The monoisotopic (exact) mass is 413 g/mol. The third kappa shape index (κ3) is 5.08. The van der Waals surface area contributed by atoms with Crippen molar-refractivity contribution >= 4 is 5.97 Å². The van der Waals surface area contributed by atoms with E-state index in [1.54, 1.807) is 6.07 Å². The highest BCUT2D eigenvalue weighted by atomic mass is 19.2. The summed E-state index contributed by atoms with van der Waals surface area (Å²) in [5.41, 5.74) is 1.73. The molecular formula is C26H31F2O2-. The van der Waals surface area contributed by atoms with Gasteiger partial charge in [-0.05, 0) is 59.4 Å². The van der Waals surface area contributed by atoms with Crippen molar-refractivity contribution in [2.24, 2.45) is 11.8 Å². The number of unbranched alkanes of at least 4 members (excludes halogenated alkanes) is 2. The molecule has 1 aliphatic carbocycles. The molecule has 0 spiro atoms. The molecule has 3 rings (SSSR count). The number of benzene rings is 2. The first-order valence-corrected chi connectivity index (χ1v) is 11.2. The molecule has 0 saturated heterocycles. The smallest absolute Gasteiger partial charge is 0.159 e. The van der Waals surface area contributed by atoms with Gasteiger partial charge in [0, 0.05) is 5.56 Å². The normalized spacial score (nSPS) is 20.1. The van der Waals surface area contributed by atoms with E-state index >= 15 is 0 Å². The van der Waals surface area contributed by atoms with Crippen LogP contribution in [-0.4, -0.2) is 5.97 Å². The third-order valence-corrected chi connectivity index (χ3v) is 6.83. The summed E-state index contributed by atoms with van der Waals surface area (Å²) in [6.07, 6.45) is 9.79. The van der Waals surface area contributed by atoms with Gasteiger partial charge in [0.05, 0.1) is 5.97 Å². The first-order chi connectivity index (χ1) is 14.4. The Morgan fingerprint density at radius 1 is 1.07 bits per heavy atom. The molecule has 2 aromatic rings. The van der Waals surface area contributed by atoms with Gasteiger partial charge < -0.3 is 9.90 Å². The predicted molar refractivity (Wildman–Crippen MR) is 114 cm³/mol. The topological polar surface area (TPSA) is 40.1 Å². The molecule has 0 radical (unpaired) electrons. The summed E-state index contributed by atoms with van der Waals surface area (Å²) in [6.45, 7) is 4.35. The number of carboxylic acid groups (broad SMARTS) is 1. The van der Waals surface area contributed by atoms with Crippen LogP contribution < -0.4 is 5.11 Å². The number of halogens is 2. The molecule has 0 aromatic heterocycles. The maximum Gasteiger partial charge on any atom is 0.159 e. The Bertz CT molecular complexity index is 869. The number of hydrogen-bond donors (Lipinski definition) is 0. The zero-order valence-electron chi connectivity index (χ0n) is 17.9.